The van der Waals surface area contributed by atoms with Gasteiger partial charge in [-0.3, -0.25) is 0 Å². The predicted octanol–water partition coefficient (Wildman–Crippen LogP) is 13.3. The fraction of sp³-hybridized carbons (Fsp3) is 0.200. The van der Waals surface area contributed by atoms with Crippen LogP contribution in [0.3, 0.4) is 0 Å². The van der Waals surface area contributed by atoms with Crippen molar-refractivity contribution in [2.24, 2.45) is 5.92 Å². The van der Waals surface area contributed by atoms with Crippen molar-refractivity contribution in [1.82, 2.24) is 0 Å². The number of para-hydroxylation sites is 1. The Morgan fingerprint density at radius 2 is 1.33 bits per heavy atom. The van der Waals surface area contributed by atoms with E-state index in [0.29, 0.717) is 29.6 Å². The van der Waals surface area contributed by atoms with Gasteiger partial charge in [-0.1, -0.05) is 158 Å². The zero-order chi connectivity index (χ0) is 34.0. The zero-order valence-corrected chi connectivity index (χ0v) is 29.2. The van der Waals surface area contributed by atoms with Gasteiger partial charge in [-0.15, -0.1) is 0 Å². The van der Waals surface area contributed by atoms with Crippen LogP contribution in [0.1, 0.15) is 78.0 Å². The summed E-state index contributed by atoms with van der Waals surface area (Å²) in [5, 5.41) is 0. The molecule has 0 spiro atoms. The van der Waals surface area contributed by atoms with Crippen LogP contribution in [0.4, 0.5) is 11.4 Å². The fourth-order valence-corrected chi connectivity index (χ4v) is 8.92. The van der Waals surface area contributed by atoms with E-state index in [4.69, 9.17) is 0 Å². The minimum atomic E-state index is 0.379. The van der Waals surface area contributed by atoms with Crippen molar-refractivity contribution in [1.29, 1.82) is 0 Å². The number of fused-ring (bicyclic) bond motifs is 3. The Hall–Kier alpha value is -5.40. The Bertz CT molecular complexity index is 2130. The Labute approximate surface area is 303 Å². The standard InChI is InChI=1S/C50H45N/c1-3-11-37(12-4-1)40-23-27-43(28-24-40)48(44-29-25-41(26-30-44)38-13-5-2-6-14-38)35-36-19-21-39(22-20-36)42-31-33-45(34-32-42)51-49-17-9-7-15-46(49)47-16-8-10-18-50(47)51/h1-15,17-19,21,23-25,27-34,36,39,41,47-48H,16,20,22,26,35H2/t36?,39?,41?,47?,48-/m1/s1. The number of anilines is 2. The van der Waals surface area contributed by atoms with Crippen molar-refractivity contribution in [2.75, 3.05) is 4.90 Å². The Morgan fingerprint density at radius 3 is 2.08 bits per heavy atom. The van der Waals surface area contributed by atoms with Gasteiger partial charge in [-0.25, -0.2) is 0 Å². The highest BCUT2D eigenvalue weighted by Crippen LogP contribution is 2.50. The first-order valence-corrected chi connectivity index (χ1v) is 18.9. The third-order valence-corrected chi connectivity index (χ3v) is 11.7. The highest BCUT2D eigenvalue weighted by atomic mass is 15.2. The van der Waals surface area contributed by atoms with Crippen LogP contribution < -0.4 is 4.90 Å². The van der Waals surface area contributed by atoms with Gasteiger partial charge in [0.05, 0.1) is 0 Å². The highest BCUT2D eigenvalue weighted by Gasteiger charge is 2.34. The molecule has 4 unspecified atom stereocenters. The van der Waals surface area contributed by atoms with Crippen molar-refractivity contribution in [3.8, 4) is 11.1 Å². The average molecular weight is 660 g/mol. The van der Waals surface area contributed by atoms with Crippen LogP contribution in [0.2, 0.25) is 0 Å². The molecule has 1 nitrogen and oxygen atoms in total. The maximum Gasteiger partial charge on any atom is 0.0497 e. The molecule has 0 aromatic heterocycles. The lowest BCUT2D eigenvalue weighted by atomic mass is 9.75. The molecule has 9 rings (SSSR count). The molecule has 3 aliphatic carbocycles. The van der Waals surface area contributed by atoms with Gasteiger partial charge in [-0.2, -0.15) is 0 Å². The average Bonchev–Trinajstić information content (AvgIpc) is 3.55. The SMILES string of the molecule is C1=CCC2C(=C1)N(c1ccc(C3C=CC(C[C@@H](C4=CCC(c5ccccc5)C=C4)c4ccc(-c5ccccc5)cc4)CC3)cc1)c1ccccc12. The molecule has 250 valence electrons. The molecule has 0 amide bonds. The molecule has 0 N–H and O–H groups in total. The lowest BCUT2D eigenvalue weighted by Gasteiger charge is -2.30. The Morgan fingerprint density at radius 1 is 0.608 bits per heavy atom. The number of benzene rings is 5. The molecule has 1 aliphatic heterocycles. The molecule has 0 fully saturated rings. The normalized spacial score (nSPS) is 22.5. The number of hydrogen-bond donors (Lipinski definition) is 0. The van der Waals surface area contributed by atoms with Crippen LogP contribution in [0, 0.1) is 5.92 Å². The molecule has 1 heteroatoms. The quantitative estimate of drug-likeness (QED) is 0.150. The van der Waals surface area contributed by atoms with Crippen LogP contribution in [-0.4, -0.2) is 0 Å². The number of rotatable bonds is 8. The third kappa shape index (κ3) is 6.38. The maximum atomic E-state index is 2.54. The van der Waals surface area contributed by atoms with Crippen molar-refractivity contribution >= 4 is 11.4 Å². The van der Waals surface area contributed by atoms with E-state index in [1.165, 1.54) is 68.9 Å². The van der Waals surface area contributed by atoms with Crippen LogP contribution in [0.25, 0.3) is 11.1 Å². The van der Waals surface area contributed by atoms with E-state index < -0.39 is 0 Å². The van der Waals surface area contributed by atoms with Crippen molar-refractivity contribution < 1.29 is 0 Å². The third-order valence-electron chi connectivity index (χ3n) is 11.7. The molecule has 5 aromatic rings. The molecule has 0 bridgehead atoms. The van der Waals surface area contributed by atoms with Crippen LogP contribution in [0.15, 0.2) is 193 Å². The van der Waals surface area contributed by atoms with E-state index >= 15 is 0 Å². The lowest BCUT2D eigenvalue weighted by Crippen LogP contribution is -2.15. The summed E-state index contributed by atoms with van der Waals surface area (Å²) >= 11 is 0. The molecule has 5 atom stereocenters. The van der Waals surface area contributed by atoms with Gasteiger partial charge >= 0.3 is 0 Å². The molecule has 0 saturated heterocycles. The topological polar surface area (TPSA) is 3.24 Å². The van der Waals surface area contributed by atoms with Gasteiger partial charge in [0.15, 0.2) is 0 Å². The number of allylic oxidation sites excluding steroid dienone is 10. The lowest BCUT2D eigenvalue weighted by molar-refractivity contribution is 0.460. The van der Waals surface area contributed by atoms with E-state index in [1.54, 1.807) is 0 Å². The Balaban J connectivity index is 0.927. The molecule has 4 aliphatic rings. The summed E-state index contributed by atoms with van der Waals surface area (Å²) in [5.41, 5.74) is 13.7. The maximum absolute atomic E-state index is 2.54. The van der Waals surface area contributed by atoms with Crippen molar-refractivity contribution in [2.45, 2.75) is 55.8 Å². The van der Waals surface area contributed by atoms with Gasteiger partial charge in [0.25, 0.3) is 0 Å². The van der Waals surface area contributed by atoms with Crippen molar-refractivity contribution in [3.05, 3.63) is 216 Å². The Kier molecular flexibility index (Phi) is 8.72. The van der Waals surface area contributed by atoms with Crippen LogP contribution in [-0.2, 0) is 0 Å². The summed E-state index contributed by atoms with van der Waals surface area (Å²) in [6.45, 7) is 0. The van der Waals surface area contributed by atoms with Crippen molar-refractivity contribution in [3.63, 3.8) is 0 Å². The number of nitrogens with zero attached hydrogens (tertiary/aromatic N) is 1. The zero-order valence-electron chi connectivity index (χ0n) is 29.2. The minimum absolute atomic E-state index is 0.379. The van der Waals surface area contributed by atoms with Crippen LogP contribution >= 0.6 is 0 Å². The smallest absolute Gasteiger partial charge is 0.0497 e. The largest absolute Gasteiger partial charge is 0.313 e. The second kappa shape index (κ2) is 14.1. The molecule has 5 aromatic carbocycles. The summed E-state index contributed by atoms with van der Waals surface area (Å²) in [5.74, 6) is 2.32. The van der Waals surface area contributed by atoms with Gasteiger partial charge < -0.3 is 4.90 Å². The van der Waals surface area contributed by atoms with E-state index in [0.717, 1.165) is 19.3 Å². The second-order valence-electron chi connectivity index (χ2n) is 14.7. The first-order chi connectivity index (χ1) is 25.3. The molecule has 1 heterocycles. The predicted molar refractivity (Wildman–Crippen MR) is 214 cm³/mol. The van der Waals surface area contributed by atoms with Gasteiger partial charge in [0.2, 0.25) is 0 Å². The van der Waals surface area contributed by atoms with Gasteiger partial charge in [0.1, 0.15) is 0 Å². The molecule has 51 heavy (non-hydrogen) atoms. The summed E-state index contributed by atoms with van der Waals surface area (Å²) in [4.78, 5) is 2.48. The highest BCUT2D eigenvalue weighted by molar-refractivity contribution is 5.79. The summed E-state index contributed by atoms with van der Waals surface area (Å²) in [7, 11) is 0. The number of hydrogen-bond acceptors (Lipinski definition) is 1. The summed E-state index contributed by atoms with van der Waals surface area (Å²) < 4.78 is 0. The summed E-state index contributed by atoms with van der Waals surface area (Å²) in [6.07, 6.45) is 24.9. The monoisotopic (exact) mass is 659 g/mol. The van der Waals surface area contributed by atoms with Crippen LogP contribution in [0.5, 0.6) is 0 Å². The first-order valence-electron chi connectivity index (χ1n) is 18.9. The molecule has 0 radical (unpaired) electrons. The van der Waals surface area contributed by atoms with E-state index in [2.05, 4.69) is 187 Å². The fourth-order valence-electron chi connectivity index (χ4n) is 8.92. The van der Waals surface area contributed by atoms with E-state index in [-0.39, 0.29) is 0 Å². The molecular weight excluding hydrogens is 615 g/mol. The molecular formula is C50H45N. The second-order valence-corrected chi connectivity index (χ2v) is 14.7. The van der Waals surface area contributed by atoms with E-state index in [9.17, 15) is 0 Å². The summed E-state index contributed by atoms with van der Waals surface area (Å²) in [6, 6.07) is 49.4. The van der Waals surface area contributed by atoms with E-state index in [1.807, 2.05) is 0 Å². The van der Waals surface area contributed by atoms with Gasteiger partial charge in [0, 0.05) is 40.7 Å². The minimum Gasteiger partial charge on any atom is -0.313 e. The first kappa shape index (κ1) is 31.6. The van der Waals surface area contributed by atoms with Gasteiger partial charge in [-0.05, 0) is 101 Å². The molecule has 0 saturated carbocycles.